The van der Waals surface area contributed by atoms with Gasteiger partial charge in [0, 0.05) is 25.4 Å². The molecule has 0 radical (unpaired) electrons. The molecule has 1 aliphatic carbocycles. The van der Waals surface area contributed by atoms with Crippen LogP contribution in [0.2, 0.25) is 0 Å². The molecule has 0 atom stereocenters. The van der Waals surface area contributed by atoms with Gasteiger partial charge in [0.05, 0.1) is 25.5 Å². The number of para-hydroxylation sites is 1. The van der Waals surface area contributed by atoms with Crippen LogP contribution in [0.15, 0.2) is 41.5 Å². The highest BCUT2D eigenvalue weighted by atomic mass is 16.5. The second-order valence-corrected chi connectivity index (χ2v) is 7.02. The van der Waals surface area contributed by atoms with Crippen molar-refractivity contribution in [3.05, 3.63) is 53.3 Å². The first-order valence-electron chi connectivity index (χ1n) is 9.88. The Hall–Kier alpha value is -2.76. The van der Waals surface area contributed by atoms with Gasteiger partial charge in [-0.25, -0.2) is 0 Å². The molecule has 0 aliphatic heterocycles. The van der Waals surface area contributed by atoms with Crippen molar-refractivity contribution in [3.63, 3.8) is 0 Å². The minimum absolute atomic E-state index is 0.277. The number of aliphatic imine (C=N–C) groups is 1. The lowest BCUT2D eigenvalue weighted by Crippen LogP contribution is -2.36. The Morgan fingerprint density at radius 2 is 1.93 bits per heavy atom. The van der Waals surface area contributed by atoms with E-state index in [9.17, 15) is 0 Å². The number of rotatable bonds is 7. The zero-order valence-corrected chi connectivity index (χ0v) is 17.0. The Kier molecular flexibility index (Phi) is 7.12. The van der Waals surface area contributed by atoms with Gasteiger partial charge in [-0.3, -0.25) is 9.98 Å². The van der Waals surface area contributed by atoms with Crippen molar-refractivity contribution in [1.82, 2.24) is 15.6 Å². The molecule has 0 bridgehead atoms. The Morgan fingerprint density at radius 1 is 1.14 bits per heavy atom. The van der Waals surface area contributed by atoms with Crippen LogP contribution in [0.25, 0.3) is 0 Å². The molecule has 6 heteroatoms. The number of pyridine rings is 1. The molecule has 1 fully saturated rings. The van der Waals surface area contributed by atoms with Gasteiger partial charge in [-0.1, -0.05) is 18.2 Å². The lowest BCUT2D eigenvalue weighted by Gasteiger charge is -2.20. The number of benzene rings is 1. The van der Waals surface area contributed by atoms with Gasteiger partial charge in [0.2, 0.25) is 0 Å². The number of hydrogen-bond acceptors (Lipinski definition) is 4. The molecule has 2 aromatic rings. The third kappa shape index (κ3) is 5.15. The fraction of sp³-hybridized carbons (Fsp3) is 0.455. The Bertz CT molecular complexity index is 801. The van der Waals surface area contributed by atoms with Crippen molar-refractivity contribution in [2.75, 3.05) is 14.2 Å². The predicted molar refractivity (Wildman–Crippen MR) is 112 cm³/mol. The minimum Gasteiger partial charge on any atom is -0.493 e. The van der Waals surface area contributed by atoms with Crippen molar-refractivity contribution < 1.29 is 9.47 Å². The van der Waals surface area contributed by atoms with E-state index < -0.39 is 0 Å². The minimum atomic E-state index is 0.277. The molecular weight excluding hydrogens is 352 g/mol. The first kappa shape index (κ1) is 20.0. The molecule has 2 N–H and O–H groups in total. The lowest BCUT2D eigenvalue weighted by molar-refractivity contribution is 0.198. The van der Waals surface area contributed by atoms with Crippen LogP contribution in [0.5, 0.6) is 11.5 Å². The van der Waals surface area contributed by atoms with E-state index in [2.05, 4.69) is 39.7 Å². The lowest BCUT2D eigenvalue weighted by atomic mass is 10.1. The van der Waals surface area contributed by atoms with Gasteiger partial charge in [-0.15, -0.1) is 0 Å². The maximum absolute atomic E-state index is 6.30. The molecular formula is C22H30N4O2. The number of nitrogens with one attached hydrogen (secondary N) is 2. The third-order valence-corrected chi connectivity index (χ3v) is 5.08. The standard InChI is InChI=1S/C22H30N4O2/c1-16-8-7-13-24-19(16)15-26-22(23-2)25-14-17-9-6-12-20(27-3)21(17)28-18-10-4-5-11-18/h6-9,12-13,18H,4-5,10-11,14-15H2,1-3H3,(H2,23,25,26). The van der Waals surface area contributed by atoms with Crippen molar-refractivity contribution in [2.24, 2.45) is 4.99 Å². The van der Waals surface area contributed by atoms with Crippen LogP contribution in [0.4, 0.5) is 0 Å². The molecule has 1 saturated carbocycles. The zero-order valence-electron chi connectivity index (χ0n) is 17.0. The van der Waals surface area contributed by atoms with Gasteiger partial charge >= 0.3 is 0 Å². The number of aromatic nitrogens is 1. The summed E-state index contributed by atoms with van der Waals surface area (Å²) in [5.41, 5.74) is 3.23. The van der Waals surface area contributed by atoms with E-state index in [4.69, 9.17) is 9.47 Å². The van der Waals surface area contributed by atoms with E-state index >= 15 is 0 Å². The van der Waals surface area contributed by atoms with Crippen LogP contribution in [0.1, 0.15) is 42.5 Å². The molecule has 1 heterocycles. The predicted octanol–water partition coefficient (Wildman–Crippen LogP) is 3.59. The summed E-state index contributed by atoms with van der Waals surface area (Å²) in [6, 6.07) is 10.0. The number of nitrogens with zero attached hydrogens (tertiary/aromatic N) is 2. The molecule has 1 aromatic heterocycles. The number of ether oxygens (including phenoxy) is 2. The quantitative estimate of drug-likeness (QED) is 0.566. The summed E-state index contributed by atoms with van der Waals surface area (Å²) in [7, 11) is 3.45. The molecule has 0 amide bonds. The van der Waals surface area contributed by atoms with E-state index in [1.165, 1.54) is 12.8 Å². The smallest absolute Gasteiger partial charge is 0.191 e. The monoisotopic (exact) mass is 382 g/mol. The normalized spacial score (nSPS) is 14.8. The van der Waals surface area contributed by atoms with Crippen LogP contribution in [-0.4, -0.2) is 31.2 Å². The van der Waals surface area contributed by atoms with Gasteiger partial charge in [-0.2, -0.15) is 0 Å². The molecule has 6 nitrogen and oxygen atoms in total. The van der Waals surface area contributed by atoms with Crippen molar-refractivity contribution in [1.29, 1.82) is 0 Å². The van der Waals surface area contributed by atoms with Crippen LogP contribution < -0.4 is 20.1 Å². The van der Waals surface area contributed by atoms with Crippen molar-refractivity contribution >= 4 is 5.96 Å². The van der Waals surface area contributed by atoms with E-state index in [1.807, 2.05) is 24.4 Å². The largest absolute Gasteiger partial charge is 0.493 e. The first-order valence-corrected chi connectivity index (χ1v) is 9.88. The molecule has 3 rings (SSSR count). The Balaban J connectivity index is 1.64. The summed E-state index contributed by atoms with van der Waals surface area (Å²) in [6.07, 6.45) is 6.77. The van der Waals surface area contributed by atoms with Crippen molar-refractivity contribution in [2.45, 2.75) is 51.8 Å². The highest BCUT2D eigenvalue weighted by Crippen LogP contribution is 2.34. The highest BCUT2D eigenvalue weighted by molar-refractivity contribution is 5.79. The Morgan fingerprint density at radius 3 is 2.64 bits per heavy atom. The van der Waals surface area contributed by atoms with Gasteiger partial charge in [-0.05, 0) is 50.3 Å². The van der Waals surface area contributed by atoms with E-state index in [1.54, 1.807) is 14.2 Å². The van der Waals surface area contributed by atoms with Crippen LogP contribution >= 0.6 is 0 Å². The summed E-state index contributed by atoms with van der Waals surface area (Å²) in [5, 5.41) is 6.69. The third-order valence-electron chi connectivity index (χ3n) is 5.08. The molecule has 0 saturated heterocycles. The van der Waals surface area contributed by atoms with Crippen LogP contribution in [0.3, 0.4) is 0 Å². The number of methoxy groups -OCH3 is 1. The van der Waals surface area contributed by atoms with Crippen LogP contribution in [-0.2, 0) is 13.1 Å². The fourth-order valence-corrected chi connectivity index (χ4v) is 3.44. The highest BCUT2D eigenvalue weighted by Gasteiger charge is 2.20. The summed E-state index contributed by atoms with van der Waals surface area (Å²) in [6.45, 7) is 3.28. The average Bonchev–Trinajstić information content (AvgIpc) is 3.23. The maximum Gasteiger partial charge on any atom is 0.191 e. The molecule has 0 spiro atoms. The summed E-state index contributed by atoms with van der Waals surface area (Å²) < 4.78 is 11.8. The zero-order chi connectivity index (χ0) is 19.8. The van der Waals surface area contributed by atoms with E-state index in [-0.39, 0.29) is 6.10 Å². The van der Waals surface area contributed by atoms with Gasteiger partial charge < -0.3 is 20.1 Å². The Labute approximate surface area is 167 Å². The SMILES string of the molecule is CN=C(NCc1cccc(OC)c1OC1CCCC1)NCc1ncccc1C. The first-order chi connectivity index (χ1) is 13.7. The van der Waals surface area contributed by atoms with Crippen LogP contribution in [0, 0.1) is 6.92 Å². The van der Waals surface area contributed by atoms with Gasteiger partial charge in [0.1, 0.15) is 0 Å². The maximum atomic E-state index is 6.30. The van der Waals surface area contributed by atoms with Gasteiger partial charge in [0.25, 0.3) is 0 Å². The van der Waals surface area contributed by atoms with E-state index in [0.717, 1.165) is 47.1 Å². The van der Waals surface area contributed by atoms with Crippen molar-refractivity contribution in [3.8, 4) is 11.5 Å². The number of aryl methyl sites for hydroxylation is 1. The average molecular weight is 383 g/mol. The number of guanidine groups is 1. The second-order valence-electron chi connectivity index (χ2n) is 7.02. The molecule has 0 unspecified atom stereocenters. The van der Waals surface area contributed by atoms with E-state index in [0.29, 0.717) is 13.1 Å². The topological polar surface area (TPSA) is 67.8 Å². The molecule has 1 aromatic carbocycles. The molecule has 150 valence electrons. The summed E-state index contributed by atoms with van der Waals surface area (Å²) in [5.74, 6) is 2.33. The summed E-state index contributed by atoms with van der Waals surface area (Å²) in [4.78, 5) is 8.73. The molecule has 1 aliphatic rings. The molecule has 28 heavy (non-hydrogen) atoms. The fourth-order valence-electron chi connectivity index (χ4n) is 3.44. The summed E-state index contributed by atoms with van der Waals surface area (Å²) >= 11 is 0. The second kappa shape index (κ2) is 9.97. The number of hydrogen-bond donors (Lipinski definition) is 2. The van der Waals surface area contributed by atoms with Gasteiger partial charge in [0.15, 0.2) is 17.5 Å².